The Morgan fingerprint density at radius 1 is 0.952 bits per heavy atom. The number of hydrogen-bond donors (Lipinski definition) is 3. The molecule has 0 saturated carbocycles. The molecule has 14 heteroatoms. The van der Waals surface area contributed by atoms with Crippen LogP contribution in [0.2, 0.25) is 5.02 Å². The highest BCUT2D eigenvalue weighted by Crippen LogP contribution is 2.31. The molecule has 5 rings (SSSR count). The molecule has 0 spiro atoms. The lowest BCUT2D eigenvalue weighted by molar-refractivity contribution is -0.137. The van der Waals surface area contributed by atoms with E-state index in [1.54, 1.807) is 23.1 Å². The van der Waals surface area contributed by atoms with Gasteiger partial charge in [-0.2, -0.15) is 13.2 Å². The Kier molecular flexibility index (Phi) is 8.30. The van der Waals surface area contributed by atoms with E-state index in [1.807, 2.05) is 6.07 Å². The second-order valence-corrected chi connectivity index (χ2v) is 10.6. The summed E-state index contributed by atoms with van der Waals surface area (Å²) in [5.41, 5.74) is 6.86. The third-order valence-electron chi connectivity index (χ3n) is 7.37. The number of anilines is 3. The molecule has 0 aliphatic carbocycles. The molecule has 4 N–H and O–H groups in total. The van der Waals surface area contributed by atoms with Crippen molar-refractivity contribution < 1.29 is 27.6 Å². The Balaban J connectivity index is 1.19. The molecule has 42 heavy (non-hydrogen) atoms. The lowest BCUT2D eigenvalue weighted by Crippen LogP contribution is -2.56. The first-order chi connectivity index (χ1) is 20.0. The van der Waals surface area contributed by atoms with Crippen molar-refractivity contribution >= 4 is 57.7 Å². The van der Waals surface area contributed by atoms with Crippen LogP contribution < -0.4 is 21.3 Å². The van der Waals surface area contributed by atoms with Gasteiger partial charge in [-0.15, -0.1) is 0 Å². The van der Waals surface area contributed by atoms with Crippen LogP contribution in [-0.4, -0.2) is 71.5 Å². The van der Waals surface area contributed by atoms with Gasteiger partial charge in [0.1, 0.15) is 11.9 Å². The molecule has 10 nitrogen and oxygen atoms in total. The summed E-state index contributed by atoms with van der Waals surface area (Å²) < 4.78 is 38.5. The first-order valence-corrected chi connectivity index (χ1v) is 13.8. The van der Waals surface area contributed by atoms with Crippen molar-refractivity contribution in [1.82, 2.24) is 20.1 Å². The average Bonchev–Trinajstić information content (AvgIpc) is 3.13. The van der Waals surface area contributed by atoms with Crippen LogP contribution >= 0.6 is 11.6 Å². The van der Waals surface area contributed by atoms with E-state index < -0.39 is 35.8 Å². The second-order valence-electron chi connectivity index (χ2n) is 10.2. The predicted octanol–water partition coefficient (Wildman–Crippen LogP) is 4.93. The normalized spacial score (nSPS) is 18.1. The van der Waals surface area contributed by atoms with Gasteiger partial charge in [-0.1, -0.05) is 11.6 Å². The number of halogens is 4. The van der Waals surface area contributed by atoms with Crippen LogP contribution in [0, 0.1) is 0 Å². The molecule has 0 radical (unpaired) electrons. The van der Waals surface area contributed by atoms with Crippen molar-refractivity contribution in [2.45, 2.75) is 31.5 Å². The summed E-state index contributed by atoms with van der Waals surface area (Å²) in [6.07, 6.45) is -3.00. The number of benzene rings is 2. The van der Waals surface area contributed by atoms with Gasteiger partial charge in [0.25, 0.3) is 5.91 Å². The molecule has 1 atom stereocenters. The molecule has 2 aliphatic heterocycles. The minimum absolute atomic E-state index is 0.121. The predicted molar refractivity (Wildman–Crippen MR) is 153 cm³/mol. The number of imide groups is 1. The van der Waals surface area contributed by atoms with Gasteiger partial charge in [-0.3, -0.25) is 9.69 Å². The van der Waals surface area contributed by atoms with Gasteiger partial charge >= 0.3 is 18.2 Å². The highest BCUT2D eigenvalue weighted by Gasteiger charge is 2.34. The molecular formula is C28H29ClF3N7O3. The lowest BCUT2D eigenvalue weighted by atomic mass is 10.1. The maximum absolute atomic E-state index is 13.2. The van der Waals surface area contributed by atoms with Crippen LogP contribution in [0.15, 0.2) is 48.5 Å². The highest BCUT2D eigenvalue weighted by atomic mass is 35.5. The van der Waals surface area contributed by atoms with Crippen molar-refractivity contribution in [2.24, 2.45) is 0 Å². The molecule has 0 bridgehead atoms. The smallest absolute Gasteiger partial charge is 0.384 e. The van der Waals surface area contributed by atoms with E-state index in [1.165, 1.54) is 0 Å². The summed E-state index contributed by atoms with van der Waals surface area (Å²) >= 11 is 6.12. The maximum atomic E-state index is 13.2. The highest BCUT2D eigenvalue weighted by molar-refractivity contribution is 6.31. The summed E-state index contributed by atoms with van der Waals surface area (Å²) in [5, 5.41) is 6.70. The fourth-order valence-electron chi connectivity index (χ4n) is 5.16. The number of nitrogens with one attached hydrogen (secondary N) is 2. The van der Waals surface area contributed by atoms with Crippen molar-refractivity contribution in [3.63, 3.8) is 0 Å². The van der Waals surface area contributed by atoms with E-state index in [0.717, 1.165) is 40.2 Å². The number of likely N-dealkylation sites (tertiary alicyclic amines) is 1. The number of alkyl halides is 3. The van der Waals surface area contributed by atoms with Crippen molar-refractivity contribution in [1.29, 1.82) is 0 Å². The van der Waals surface area contributed by atoms with Crippen LogP contribution in [0.1, 0.15) is 24.8 Å². The first-order valence-electron chi connectivity index (χ1n) is 13.5. The number of nitrogens with two attached hydrogens (primary N) is 1. The number of urea groups is 2. The van der Waals surface area contributed by atoms with E-state index >= 15 is 0 Å². The van der Waals surface area contributed by atoms with Crippen LogP contribution in [0.3, 0.4) is 0 Å². The minimum atomic E-state index is -4.50. The van der Waals surface area contributed by atoms with E-state index in [-0.39, 0.29) is 12.2 Å². The zero-order valence-corrected chi connectivity index (χ0v) is 23.2. The van der Waals surface area contributed by atoms with Gasteiger partial charge in [0.05, 0.1) is 11.1 Å². The fourth-order valence-corrected chi connectivity index (χ4v) is 5.33. The molecule has 2 fully saturated rings. The SMILES string of the molecule is Nc1cc(N2CCN(C(=O)N[C@H]3CCCCN(C(=O)Nc4ccc(C(F)(F)F)cc4)C3=O)CC2)c2ccc(Cl)cc2n1. The molecular weight excluding hydrogens is 575 g/mol. The van der Waals surface area contributed by atoms with Crippen LogP contribution in [-0.2, 0) is 11.0 Å². The quantitative estimate of drug-likeness (QED) is 0.390. The standard InChI is InChI=1S/C28H29ClF3N7O3/c29-18-6-9-20-22(15-18)35-24(33)16-23(20)37-11-13-38(14-12-37)26(41)36-21-3-1-2-10-39(25(21)40)27(42)34-19-7-4-17(5-8-19)28(30,31)32/h4-9,15-16,21H,1-3,10-14H2,(H2,33,35)(H,34,42)(H,36,41)/t21-/m0/s1. The van der Waals surface area contributed by atoms with Crippen LogP contribution in [0.25, 0.3) is 10.9 Å². The molecule has 2 aliphatic rings. The second kappa shape index (κ2) is 11.9. The van der Waals surface area contributed by atoms with Gasteiger partial charge in [-0.25, -0.2) is 14.6 Å². The van der Waals surface area contributed by atoms with Gasteiger partial charge in [0, 0.05) is 60.6 Å². The minimum Gasteiger partial charge on any atom is -0.384 e. The van der Waals surface area contributed by atoms with Gasteiger partial charge in [0.2, 0.25) is 0 Å². The molecule has 2 saturated heterocycles. The van der Waals surface area contributed by atoms with Gasteiger partial charge in [0.15, 0.2) is 0 Å². The number of carbonyl (C=O) groups excluding carboxylic acids is 3. The van der Waals surface area contributed by atoms with E-state index in [4.69, 9.17) is 17.3 Å². The number of aromatic nitrogens is 1. The molecule has 1 aromatic heterocycles. The van der Waals surface area contributed by atoms with E-state index in [0.29, 0.717) is 61.8 Å². The molecule has 222 valence electrons. The van der Waals surface area contributed by atoms with E-state index in [9.17, 15) is 27.6 Å². The number of hydrogen-bond acceptors (Lipinski definition) is 6. The molecule has 0 unspecified atom stereocenters. The zero-order valence-electron chi connectivity index (χ0n) is 22.5. The topological polar surface area (TPSA) is 124 Å². The van der Waals surface area contributed by atoms with Crippen molar-refractivity contribution in [2.75, 3.05) is 48.7 Å². The van der Waals surface area contributed by atoms with Crippen LogP contribution in [0.4, 0.5) is 40.0 Å². The number of nitrogens with zero attached hydrogens (tertiary/aromatic N) is 4. The lowest BCUT2D eigenvalue weighted by Gasteiger charge is -2.37. The Labute approximate surface area is 244 Å². The summed E-state index contributed by atoms with van der Waals surface area (Å²) in [7, 11) is 0. The number of rotatable bonds is 3. The number of pyridine rings is 1. The Morgan fingerprint density at radius 3 is 2.36 bits per heavy atom. The average molecular weight is 604 g/mol. The zero-order chi connectivity index (χ0) is 30.0. The number of nitrogen functional groups attached to an aromatic ring is 1. The van der Waals surface area contributed by atoms with E-state index in [2.05, 4.69) is 20.5 Å². The number of fused-ring (bicyclic) bond motifs is 1. The Bertz CT molecular complexity index is 1490. The summed E-state index contributed by atoms with van der Waals surface area (Å²) in [6, 6.07) is 9.07. The molecule has 2 aromatic carbocycles. The van der Waals surface area contributed by atoms with Crippen LogP contribution in [0.5, 0.6) is 0 Å². The summed E-state index contributed by atoms with van der Waals surface area (Å²) in [6.45, 7) is 1.96. The number of amides is 5. The molecule has 5 amide bonds. The summed E-state index contributed by atoms with van der Waals surface area (Å²) in [5.74, 6) is -0.208. The first kappa shape index (κ1) is 29.2. The van der Waals surface area contributed by atoms with Gasteiger partial charge < -0.3 is 26.2 Å². The molecule has 3 aromatic rings. The number of piperazine rings is 1. The third-order valence-corrected chi connectivity index (χ3v) is 7.61. The Morgan fingerprint density at radius 2 is 1.67 bits per heavy atom. The van der Waals surface area contributed by atoms with Gasteiger partial charge in [-0.05, 0) is 61.7 Å². The maximum Gasteiger partial charge on any atom is 0.416 e. The summed E-state index contributed by atoms with van der Waals surface area (Å²) in [4.78, 5) is 48.3. The Hall–Kier alpha value is -4.26. The number of carbonyl (C=O) groups is 3. The third kappa shape index (κ3) is 6.46. The fraction of sp³-hybridized carbons (Fsp3) is 0.357. The largest absolute Gasteiger partial charge is 0.416 e. The monoisotopic (exact) mass is 603 g/mol. The van der Waals surface area contributed by atoms with Crippen molar-refractivity contribution in [3.8, 4) is 0 Å². The van der Waals surface area contributed by atoms with Crippen molar-refractivity contribution in [3.05, 3.63) is 59.1 Å². The molecule has 3 heterocycles.